The number of sulfonamides is 1. The van der Waals surface area contributed by atoms with Gasteiger partial charge < -0.3 is 10.1 Å². The fourth-order valence-corrected chi connectivity index (χ4v) is 5.14. The Labute approximate surface area is 194 Å². The molecule has 0 spiro atoms. The number of nitrogens with one attached hydrogen (secondary N) is 1. The van der Waals surface area contributed by atoms with Crippen LogP contribution in [0.5, 0.6) is 5.75 Å². The van der Waals surface area contributed by atoms with Crippen molar-refractivity contribution in [3.63, 3.8) is 0 Å². The molecule has 0 aliphatic carbocycles. The minimum atomic E-state index is -3.82. The van der Waals surface area contributed by atoms with E-state index < -0.39 is 22.0 Å². The Kier molecular flexibility index (Phi) is 8.63. The second kappa shape index (κ2) is 10.6. The third kappa shape index (κ3) is 6.05. The molecule has 0 aliphatic rings. The number of halogens is 2. The molecule has 0 fully saturated rings. The highest BCUT2D eigenvalue weighted by Crippen LogP contribution is 2.33. The van der Waals surface area contributed by atoms with E-state index in [1.54, 1.807) is 20.1 Å². The molecule has 1 amide bonds. The summed E-state index contributed by atoms with van der Waals surface area (Å²) >= 11 is 12.3. The van der Waals surface area contributed by atoms with E-state index in [1.807, 2.05) is 32.0 Å². The molecule has 0 aliphatic heterocycles. The molecule has 0 heterocycles. The number of hydrogen-bond donors (Lipinski definition) is 1. The number of carbonyl (C=O) groups is 1. The van der Waals surface area contributed by atoms with Crippen LogP contribution in [0.2, 0.25) is 10.0 Å². The summed E-state index contributed by atoms with van der Waals surface area (Å²) in [7, 11) is -2.22. The van der Waals surface area contributed by atoms with Crippen LogP contribution < -0.4 is 14.4 Å². The highest BCUT2D eigenvalue weighted by Gasteiger charge is 2.34. The van der Waals surface area contributed by atoms with E-state index in [1.165, 1.54) is 12.1 Å². The quantitative estimate of drug-likeness (QED) is 0.533. The van der Waals surface area contributed by atoms with Crippen molar-refractivity contribution in [2.45, 2.75) is 45.7 Å². The summed E-state index contributed by atoms with van der Waals surface area (Å²) in [5, 5.41) is 3.51. The van der Waals surface area contributed by atoms with Crippen molar-refractivity contribution >= 4 is 44.8 Å². The first-order valence-corrected chi connectivity index (χ1v) is 12.5. The minimum absolute atomic E-state index is 0.173. The third-order valence-corrected chi connectivity index (χ3v) is 6.74. The van der Waals surface area contributed by atoms with Crippen molar-refractivity contribution in [3.05, 3.63) is 57.6 Å². The zero-order valence-corrected chi connectivity index (χ0v) is 20.6. The van der Waals surface area contributed by atoms with Gasteiger partial charge in [-0.1, -0.05) is 49.2 Å². The van der Waals surface area contributed by atoms with Crippen molar-refractivity contribution in [2.75, 3.05) is 17.7 Å². The lowest BCUT2D eigenvalue weighted by Gasteiger charge is -2.32. The lowest BCUT2D eigenvalue weighted by atomic mass is 10.0. The first kappa shape index (κ1) is 25.3. The number of nitrogens with zero attached hydrogens (tertiary/aromatic N) is 1. The molecule has 0 aromatic heterocycles. The van der Waals surface area contributed by atoms with Gasteiger partial charge in [0.15, 0.2) is 0 Å². The largest absolute Gasteiger partial charge is 0.496 e. The zero-order valence-electron chi connectivity index (χ0n) is 18.3. The zero-order chi connectivity index (χ0) is 23.3. The summed E-state index contributed by atoms with van der Waals surface area (Å²) in [4.78, 5) is 13.3. The summed E-state index contributed by atoms with van der Waals surface area (Å²) in [5.74, 6) is 0.347. The summed E-state index contributed by atoms with van der Waals surface area (Å²) in [6, 6.07) is 8.95. The summed E-state index contributed by atoms with van der Waals surface area (Å²) < 4.78 is 31.7. The van der Waals surface area contributed by atoms with Crippen LogP contribution in [0.3, 0.4) is 0 Å². The first-order valence-electron chi connectivity index (χ1n) is 9.92. The molecule has 2 atom stereocenters. The second-order valence-electron chi connectivity index (χ2n) is 7.28. The Hall–Kier alpha value is -1.96. The minimum Gasteiger partial charge on any atom is -0.496 e. The van der Waals surface area contributed by atoms with Gasteiger partial charge in [-0.15, -0.1) is 0 Å². The number of hydrogen-bond acceptors (Lipinski definition) is 4. The molecule has 9 heteroatoms. The Morgan fingerprint density at radius 1 is 1.13 bits per heavy atom. The smallest absolute Gasteiger partial charge is 0.244 e. The van der Waals surface area contributed by atoms with Crippen LogP contribution in [-0.4, -0.2) is 33.7 Å². The topological polar surface area (TPSA) is 75.7 Å². The number of carbonyl (C=O) groups excluding carboxylic acids is 1. The molecule has 2 rings (SSSR count). The summed E-state index contributed by atoms with van der Waals surface area (Å²) in [6.07, 6.45) is 1.93. The normalized spacial score (nSPS) is 13.4. The van der Waals surface area contributed by atoms with Crippen LogP contribution in [-0.2, 0) is 14.8 Å². The van der Waals surface area contributed by atoms with Crippen LogP contribution in [0.4, 0.5) is 5.69 Å². The summed E-state index contributed by atoms with van der Waals surface area (Å²) in [6.45, 7) is 5.63. The molecule has 0 radical (unpaired) electrons. The fraction of sp³-hybridized carbons (Fsp3) is 0.409. The van der Waals surface area contributed by atoms with E-state index in [4.69, 9.17) is 27.9 Å². The third-order valence-electron chi connectivity index (χ3n) is 5.02. The molecule has 2 unspecified atom stereocenters. The number of benzene rings is 2. The van der Waals surface area contributed by atoms with E-state index in [9.17, 15) is 13.2 Å². The Balaban J connectivity index is 2.41. The van der Waals surface area contributed by atoms with Gasteiger partial charge in [0, 0.05) is 5.02 Å². The van der Waals surface area contributed by atoms with Gasteiger partial charge in [0.1, 0.15) is 11.8 Å². The molecular weight excluding hydrogens is 459 g/mol. The van der Waals surface area contributed by atoms with Crippen LogP contribution in [0.1, 0.15) is 43.9 Å². The number of methoxy groups -OCH3 is 1. The van der Waals surface area contributed by atoms with E-state index in [0.29, 0.717) is 11.4 Å². The number of rotatable bonds is 9. The standard InChI is InChI=1S/C22H28Cl2N2O4S/c1-6-18(15-8-11-21(30-4)14(3)12-15)25-22(27)19(7-2)26(31(5,28)29)20-13-16(23)9-10-17(20)24/h8-13,18-19H,6-7H2,1-5H3,(H,25,27). The van der Waals surface area contributed by atoms with E-state index in [0.717, 1.165) is 27.4 Å². The molecule has 2 aromatic carbocycles. The number of anilines is 1. The lowest BCUT2D eigenvalue weighted by Crippen LogP contribution is -2.50. The Bertz CT molecular complexity index is 1040. The fourth-order valence-electron chi connectivity index (χ4n) is 3.50. The van der Waals surface area contributed by atoms with Crippen molar-refractivity contribution in [1.82, 2.24) is 5.32 Å². The maximum Gasteiger partial charge on any atom is 0.244 e. The van der Waals surface area contributed by atoms with E-state index >= 15 is 0 Å². The van der Waals surface area contributed by atoms with Gasteiger partial charge in [-0.25, -0.2) is 8.42 Å². The number of ether oxygens (including phenoxy) is 1. The van der Waals surface area contributed by atoms with Gasteiger partial charge in [0.25, 0.3) is 0 Å². The van der Waals surface area contributed by atoms with Crippen molar-refractivity contribution in [1.29, 1.82) is 0 Å². The Morgan fingerprint density at radius 2 is 1.81 bits per heavy atom. The maximum atomic E-state index is 13.3. The van der Waals surface area contributed by atoms with Gasteiger partial charge >= 0.3 is 0 Å². The second-order valence-corrected chi connectivity index (χ2v) is 9.98. The van der Waals surface area contributed by atoms with Gasteiger partial charge in [-0.2, -0.15) is 0 Å². The van der Waals surface area contributed by atoms with E-state index in [-0.39, 0.29) is 23.2 Å². The molecule has 0 saturated carbocycles. The predicted octanol–water partition coefficient (Wildman–Crippen LogP) is 5.12. The van der Waals surface area contributed by atoms with Gasteiger partial charge in [0.05, 0.1) is 30.1 Å². The molecular formula is C22H28Cl2N2O4S. The molecule has 170 valence electrons. The number of amides is 1. The highest BCUT2D eigenvalue weighted by atomic mass is 35.5. The van der Waals surface area contributed by atoms with Crippen LogP contribution in [0.15, 0.2) is 36.4 Å². The molecule has 31 heavy (non-hydrogen) atoms. The molecule has 6 nitrogen and oxygen atoms in total. The Morgan fingerprint density at radius 3 is 2.32 bits per heavy atom. The van der Waals surface area contributed by atoms with Crippen molar-refractivity contribution in [2.24, 2.45) is 0 Å². The van der Waals surface area contributed by atoms with Gasteiger partial charge in [-0.05, 0) is 55.2 Å². The van der Waals surface area contributed by atoms with Crippen LogP contribution >= 0.6 is 23.2 Å². The maximum absolute atomic E-state index is 13.3. The van der Waals surface area contributed by atoms with Gasteiger partial charge in [0.2, 0.25) is 15.9 Å². The SMILES string of the molecule is CCC(NC(=O)C(CC)N(c1cc(Cl)ccc1Cl)S(C)(=O)=O)c1ccc(OC)c(C)c1. The van der Waals surface area contributed by atoms with Crippen molar-refractivity contribution in [3.8, 4) is 5.75 Å². The molecule has 2 aromatic rings. The van der Waals surface area contributed by atoms with Gasteiger partial charge in [-0.3, -0.25) is 9.10 Å². The predicted molar refractivity (Wildman–Crippen MR) is 127 cm³/mol. The average Bonchev–Trinajstić information content (AvgIpc) is 2.71. The molecule has 1 N–H and O–H groups in total. The average molecular weight is 487 g/mol. The van der Waals surface area contributed by atoms with Crippen molar-refractivity contribution < 1.29 is 17.9 Å². The lowest BCUT2D eigenvalue weighted by molar-refractivity contribution is -0.123. The highest BCUT2D eigenvalue weighted by molar-refractivity contribution is 7.92. The molecule has 0 saturated heterocycles. The van der Waals surface area contributed by atoms with Crippen LogP contribution in [0.25, 0.3) is 0 Å². The van der Waals surface area contributed by atoms with Crippen LogP contribution in [0, 0.1) is 6.92 Å². The molecule has 0 bridgehead atoms. The monoisotopic (exact) mass is 486 g/mol. The van der Waals surface area contributed by atoms with E-state index in [2.05, 4.69) is 5.32 Å². The summed E-state index contributed by atoms with van der Waals surface area (Å²) in [5.41, 5.74) is 2.03. The number of aryl methyl sites for hydroxylation is 1. The first-order chi connectivity index (χ1) is 14.5.